The molecule has 5 nitrogen and oxygen atoms in total. The van der Waals surface area contributed by atoms with Crippen LogP contribution in [0.15, 0.2) is 18.2 Å². The zero-order valence-electron chi connectivity index (χ0n) is 13.3. The van der Waals surface area contributed by atoms with Crippen molar-refractivity contribution in [3.05, 3.63) is 29.3 Å². The van der Waals surface area contributed by atoms with Gasteiger partial charge >= 0.3 is 0 Å². The molecule has 0 bridgehead atoms. The molecule has 0 aromatic heterocycles. The Labute approximate surface area is 126 Å². The lowest BCUT2D eigenvalue weighted by Gasteiger charge is -2.19. The summed E-state index contributed by atoms with van der Waals surface area (Å²) in [5.41, 5.74) is 1.87. The van der Waals surface area contributed by atoms with Crippen molar-refractivity contribution < 1.29 is 14.3 Å². The number of hydrogen-bond acceptors (Lipinski definition) is 4. The molecule has 0 saturated carbocycles. The molecule has 0 fully saturated rings. The number of aldehydes is 1. The maximum atomic E-state index is 12.3. The first-order chi connectivity index (χ1) is 10.0. The highest BCUT2D eigenvalue weighted by atomic mass is 16.5. The Morgan fingerprint density at radius 1 is 1.24 bits per heavy atom. The van der Waals surface area contributed by atoms with E-state index in [9.17, 15) is 9.59 Å². The van der Waals surface area contributed by atoms with Crippen LogP contribution in [-0.4, -0.2) is 58.5 Å². The number of ether oxygens (including phenoxy) is 1. The van der Waals surface area contributed by atoms with Gasteiger partial charge in [0.1, 0.15) is 0 Å². The fourth-order valence-corrected chi connectivity index (χ4v) is 2.11. The van der Waals surface area contributed by atoms with Crippen molar-refractivity contribution in [1.82, 2.24) is 4.90 Å². The van der Waals surface area contributed by atoms with Gasteiger partial charge in [-0.25, -0.2) is 0 Å². The van der Waals surface area contributed by atoms with Crippen LogP contribution in [0.4, 0.5) is 5.69 Å². The molecule has 1 rings (SSSR count). The van der Waals surface area contributed by atoms with E-state index >= 15 is 0 Å². The van der Waals surface area contributed by atoms with Gasteiger partial charge in [0.15, 0.2) is 6.29 Å². The van der Waals surface area contributed by atoms with Gasteiger partial charge in [-0.15, -0.1) is 0 Å². The number of rotatable bonds is 8. The Balaban J connectivity index is 2.75. The number of nitrogens with zero attached hydrogens (tertiary/aromatic N) is 2. The lowest BCUT2D eigenvalue weighted by Crippen LogP contribution is -2.28. The predicted octanol–water partition coefficient (Wildman–Crippen LogP) is 2.06. The fourth-order valence-electron chi connectivity index (χ4n) is 2.11. The number of benzene rings is 1. The van der Waals surface area contributed by atoms with Gasteiger partial charge in [0.05, 0.1) is 0 Å². The van der Waals surface area contributed by atoms with Crippen molar-refractivity contribution in [2.45, 2.75) is 12.8 Å². The van der Waals surface area contributed by atoms with Gasteiger partial charge in [-0.3, -0.25) is 9.59 Å². The van der Waals surface area contributed by atoms with E-state index in [1.54, 1.807) is 37.3 Å². The third-order valence-corrected chi connectivity index (χ3v) is 3.32. The summed E-state index contributed by atoms with van der Waals surface area (Å²) in [6.45, 7) is 1.38. The first-order valence-electron chi connectivity index (χ1n) is 7.02. The Morgan fingerprint density at radius 2 is 1.95 bits per heavy atom. The van der Waals surface area contributed by atoms with Crippen molar-refractivity contribution in [3.8, 4) is 0 Å². The lowest BCUT2D eigenvalue weighted by atomic mass is 10.1. The number of methoxy groups -OCH3 is 1. The zero-order valence-corrected chi connectivity index (χ0v) is 13.3. The zero-order chi connectivity index (χ0) is 15.8. The first-order valence-corrected chi connectivity index (χ1v) is 7.02. The molecular formula is C16H24N2O3. The Morgan fingerprint density at radius 3 is 2.52 bits per heavy atom. The van der Waals surface area contributed by atoms with Crippen molar-refractivity contribution in [2.24, 2.45) is 0 Å². The van der Waals surface area contributed by atoms with Crippen molar-refractivity contribution in [3.63, 3.8) is 0 Å². The lowest BCUT2D eigenvalue weighted by molar-refractivity contribution is 0.0788. The average molecular weight is 292 g/mol. The summed E-state index contributed by atoms with van der Waals surface area (Å²) in [4.78, 5) is 27.0. The topological polar surface area (TPSA) is 49.9 Å². The second-order valence-corrected chi connectivity index (χ2v) is 5.21. The maximum Gasteiger partial charge on any atom is 0.253 e. The second kappa shape index (κ2) is 8.42. The summed E-state index contributed by atoms with van der Waals surface area (Å²) in [6.07, 6.45) is 2.60. The molecule has 0 saturated heterocycles. The van der Waals surface area contributed by atoms with Crippen LogP contribution in [0.2, 0.25) is 0 Å². The number of carbonyl (C=O) groups is 2. The van der Waals surface area contributed by atoms with Gasteiger partial charge in [0, 0.05) is 58.2 Å². The minimum atomic E-state index is -0.0687. The van der Waals surface area contributed by atoms with E-state index in [1.165, 1.54) is 0 Å². The minimum Gasteiger partial charge on any atom is -0.385 e. The van der Waals surface area contributed by atoms with Gasteiger partial charge in [-0.1, -0.05) is 0 Å². The molecule has 0 aliphatic heterocycles. The van der Waals surface area contributed by atoms with Crippen molar-refractivity contribution in [2.75, 3.05) is 46.3 Å². The number of carbonyl (C=O) groups excluding carboxylic acids is 2. The Hall–Kier alpha value is -1.88. The quantitative estimate of drug-likeness (QED) is 0.543. The molecule has 0 aliphatic carbocycles. The summed E-state index contributed by atoms with van der Waals surface area (Å²) in [5.74, 6) is -0.0687. The summed E-state index contributed by atoms with van der Waals surface area (Å²) in [5, 5.41) is 0. The Kier molecular flexibility index (Phi) is 6.88. The average Bonchev–Trinajstić information content (AvgIpc) is 2.49. The van der Waals surface area contributed by atoms with E-state index in [4.69, 9.17) is 4.74 Å². The molecule has 0 heterocycles. The second-order valence-electron chi connectivity index (χ2n) is 5.21. The maximum absolute atomic E-state index is 12.3. The number of amides is 1. The third-order valence-electron chi connectivity index (χ3n) is 3.32. The summed E-state index contributed by atoms with van der Waals surface area (Å²) < 4.78 is 4.99. The third kappa shape index (κ3) is 4.86. The molecule has 0 atom stereocenters. The summed E-state index contributed by atoms with van der Waals surface area (Å²) >= 11 is 0. The molecule has 0 unspecified atom stereocenters. The molecule has 0 spiro atoms. The van der Waals surface area contributed by atoms with Crippen LogP contribution in [0.5, 0.6) is 0 Å². The van der Waals surface area contributed by atoms with E-state index in [1.807, 2.05) is 19.0 Å². The number of hydrogen-bond donors (Lipinski definition) is 0. The van der Waals surface area contributed by atoms with Crippen LogP contribution in [0.1, 0.15) is 33.6 Å². The normalized spacial score (nSPS) is 10.3. The molecule has 1 aromatic rings. The van der Waals surface area contributed by atoms with Crippen LogP contribution in [0.25, 0.3) is 0 Å². The fraction of sp³-hybridized carbons (Fsp3) is 0.500. The van der Waals surface area contributed by atoms with Crippen LogP contribution in [0, 0.1) is 0 Å². The highest BCUT2D eigenvalue weighted by molar-refractivity contribution is 5.97. The van der Waals surface area contributed by atoms with Gasteiger partial charge in [0.25, 0.3) is 5.91 Å². The summed E-state index contributed by atoms with van der Waals surface area (Å²) in [6, 6.07) is 5.21. The monoisotopic (exact) mass is 292 g/mol. The van der Waals surface area contributed by atoms with Crippen molar-refractivity contribution >= 4 is 17.9 Å². The Bertz CT molecular complexity index is 486. The predicted molar refractivity (Wildman–Crippen MR) is 84.2 cm³/mol. The highest BCUT2D eigenvalue weighted by Crippen LogP contribution is 2.19. The summed E-state index contributed by atoms with van der Waals surface area (Å²) in [7, 11) is 7.18. The first kappa shape index (κ1) is 17.2. The van der Waals surface area contributed by atoms with Crippen LogP contribution in [-0.2, 0) is 4.74 Å². The van der Waals surface area contributed by atoms with Gasteiger partial charge in [-0.2, -0.15) is 0 Å². The smallest absolute Gasteiger partial charge is 0.253 e. The SMILES string of the molecule is COCCCCN(C)C(=O)c1ccc(N(C)C)c(C=O)c1. The standard InChI is InChI=1S/C16H24N2O3/c1-17(2)15-8-7-13(11-14(15)12-19)16(20)18(3)9-5-6-10-21-4/h7-8,11-12H,5-6,9-10H2,1-4H3. The minimum absolute atomic E-state index is 0.0687. The number of anilines is 1. The van der Waals surface area contributed by atoms with Crippen LogP contribution in [0.3, 0.4) is 0 Å². The molecule has 0 aliphatic rings. The van der Waals surface area contributed by atoms with E-state index in [0.29, 0.717) is 24.3 Å². The van der Waals surface area contributed by atoms with Gasteiger partial charge in [-0.05, 0) is 31.0 Å². The molecule has 1 amide bonds. The molecule has 5 heteroatoms. The molecule has 0 N–H and O–H groups in total. The molecule has 21 heavy (non-hydrogen) atoms. The molecule has 116 valence electrons. The molecule has 0 radical (unpaired) electrons. The van der Waals surface area contributed by atoms with E-state index in [2.05, 4.69) is 0 Å². The van der Waals surface area contributed by atoms with Crippen molar-refractivity contribution in [1.29, 1.82) is 0 Å². The van der Waals surface area contributed by atoms with Crippen LogP contribution < -0.4 is 4.90 Å². The molecule has 1 aromatic carbocycles. The van der Waals surface area contributed by atoms with E-state index in [0.717, 1.165) is 24.8 Å². The highest BCUT2D eigenvalue weighted by Gasteiger charge is 2.14. The van der Waals surface area contributed by atoms with Gasteiger partial charge in [0.2, 0.25) is 0 Å². The van der Waals surface area contributed by atoms with E-state index < -0.39 is 0 Å². The van der Waals surface area contributed by atoms with E-state index in [-0.39, 0.29) is 5.91 Å². The molecular weight excluding hydrogens is 268 g/mol. The van der Waals surface area contributed by atoms with Gasteiger partial charge < -0.3 is 14.5 Å². The van der Waals surface area contributed by atoms with Crippen LogP contribution >= 0.6 is 0 Å². The largest absolute Gasteiger partial charge is 0.385 e. The number of unbranched alkanes of at least 4 members (excludes halogenated alkanes) is 1.